The first-order valence-corrected chi connectivity index (χ1v) is 50.7. The monoisotopic (exact) mass is 1960 g/mol. The van der Waals surface area contributed by atoms with Crippen LogP contribution in [-0.2, 0) is 93.2 Å². The van der Waals surface area contributed by atoms with E-state index in [4.69, 9.17) is 4.74 Å². The standard InChI is InChI=1S/C39H45FN6O4.C36H47FN6O4.C34H43FN6O5/c1-23-11-12-25(3)43-32(23)17-35(49)33-18-39(40)14-13-34(48)24(2)9-7-6-8-10-28-15-29(30-19-41-27(5)42-20-30)16-31-37(26(4)47)44-46(38(28)31)21-36(50)45(33)22-39;1-22(2)14-23(3)40-35(47)31-17-36(37)13-12-29(45)11-9-7-6-8-10-26-15-27(28-18-38-25(5)39-19-28)16-30-33(24(4)44)41-43(34(26)30)20-32(46)42(31)21-36;1-21(19-46-4)38-33(45)29-15-34(35)12-11-27(43)10-8-6-5-7-9-24-13-25(26-16-36-23(3)37-17-26)14-28-31(22(2)42)39-41(32(24)28)18-30(44)40(29)20-34/h11-12,15-16,19-20,24,33H,6-10,13-14,17-18,21-22H2,1-5H3;15-16,18-19,22-23,31H,6-14,17,20-21H2,1-5H3,(H,40,47);13-14,16-17,21,29H,5-12,15,18-20H2,1-4H3,(H,38,45)/t24-,33+,39-;23-,31+,36-;21-,29+,34-/m111/s1. The normalized spacial score (nSPS) is 22.1. The fraction of sp³-hybridized carbons (Fsp3) is 0.541. The third kappa shape index (κ3) is 26.1. The zero-order valence-corrected chi connectivity index (χ0v) is 85.0. The molecule has 16 rings (SSSR count). The van der Waals surface area contributed by atoms with Crippen LogP contribution in [0.15, 0.2) is 85.7 Å². The minimum atomic E-state index is -1.90. The van der Waals surface area contributed by atoms with Gasteiger partial charge in [0, 0.05) is 173 Å². The number of rotatable bonds is 17. The highest BCUT2D eigenvalue weighted by atomic mass is 19.2. The Balaban J connectivity index is 0.000000170. The van der Waals surface area contributed by atoms with E-state index in [-0.39, 0.29) is 186 Å². The minimum absolute atomic E-state index is 0.00482. The Morgan fingerprint density at radius 2 is 0.790 bits per heavy atom. The number of nitrogens with one attached hydrogen (secondary N) is 2. The molecule has 0 unspecified atom stereocenters. The average molecular weight is 1960 g/mol. The molecule has 3 aromatic carbocycles. The van der Waals surface area contributed by atoms with Gasteiger partial charge in [-0.3, -0.25) is 76.6 Å². The van der Waals surface area contributed by atoms with Crippen LogP contribution < -0.4 is 10.6 Å². The van der Waals surface area contributed by atoms with E-state index in [1.807, 2.05) is 97.0 Å². The third-order valence-corrected chi connectivity index (χ3v) is 28.7. The van der Waals surface area contributed by atoms with Crippen molar-refractivity contribution in [3.8, 4) is 33.4 Å². The van der Waals surface area contributed by atoms with Gasteiger partial charge in [0.25, 0.3) is 0 Å². The predicted octanol–water partition coefficient (Wildman–Crippen LogP) is 16.3. The van der Waals surface area contributed by atoms with Gasteiger partial charge in [0.15, 0.2) is 23.1 Å². The predicted molar refractivity (Wildman–Crippen MR) is 535 cm³/mol. The molecule has 0 radical (unpaired) electrons. The van der Waals surface area contributed by atoms with Crippen molar-refractivity contribution in [3.63, 3.8) is 0 Å². The van der Waals surface area contributed by atoms with Gasteiger partial charge < -0.3 is 30.1 Å². The number of hydrogen-bond donors (Lipinski definition) is 2. The second-order valence-electron chi connectivity index (χ2n) is 41.2. The summed E-state index contributed by atoms with van der Waals surface area (Å²) in [6.45, 7) is 21.7. The number of pyridine rings is 1. The van der Waals surface area contributed by atoms with E-state index in [0.717, 1.165) is 132 Å². The molecular weight excluding hydrogens is 1830 g/mol. The Hall–Kier alpha value is -12.8. The van der Waals surface area contributed by atoms with Gasteiger partial charge in [0.05, 0.1) is 60.9 Å². The molecule has 13 heterocycles. The Morgan fingerprint density at radius 3 is 1.16 bits per heavy atom. The van der Waals surface area contributed by atoms with E-state index in [1.54, 1.807) is 53.5 Å². The maximum absolute atomic E-state index is 16.7. The van der Waals surface area contributed by atoms with Crippen LogP contribution in [-0.4, -0.2) is 230 Å². The summed E-state index contributed by atoms with van der Waals surface area (Å²) in [4.78, 5) is 195. The molecule has 0 spiro atoms. The van der Waals surface area contributed by atoms with Crippen LogP contribution in [0.3, 0.4) is 0 Å². The van der Waals surface area contributed by atoms with Gasteiger partial charge in [0.2, 0.25) is 29.5 Å². The molecule has 9 atom stereocenters. The van der Waals surface area contributed by atoms with Gasteiger partial charge >= 0.3 is 0 Å². The molecule has 31 nitrogen and oxygen atoms in total. The number of carbonyl (C=O) groups excluding carboxylic acids is 12. The van der Waals surface area contributed by atoms with Crippen LogP contribution >= 0.6 is 0 Å². The topological polar surface area (TPSA) is 392 Å². The molecule has 3 saturated heterocycles. The van der Waals surface area contributed by atoms with Crippen LogP contribution in [0.4, 0.5) is 13.2 Å². The first kappa shape index (κ1) is 106. The van der Waals surface area contributed by atoms with Crippen molar-refractivity contribution < 1.29 is 75.4 Å². The van der Waals surface area contributed by atoms with Crippen LogP contribution in [0.1, 0.15) is 292 Å². The summed E-state index contributed by atoms with van der Waals surface area (Å²) in [5, 5.41) is 21.6. The van der Waals surface area contributed by atoms with E-state index < -0.39 is 64.7 Å². The Morgan fingerprint density at radius 1 is 0.441 bits per heavy atom. The molecule has 10 aromatic rings. The lowest BCUT2D eigenvalue weighted by molar-refractivity contribution is -0.139. The van der Waals surface area contributed by atoms with E-state index in [1.165, 1.54) is 47.3 Å². The quantitative estimate of drug-likeness (QED) is 0.0799. The third-order valence-electron chi connectivity index (χ3n) is 28.7. The fourth-order valence-electron chi connectivity index (χ4n) is 21.1. The average Bonchev–Trinajstić information content (AvgIpc) is 1.61. The zero-order chi connectivity index (χ0) is 103. The number of methoxy groups -OCH3 is 1. The summed E-state index contributed by atoms with van der Waals surface area (Å²) >= 11 is 0. The summed E-state index contributed by atoms with van der Waals surface area (Å²) in [6.07, 6.45) is 23.2. The largest absolute Gasteiger partial charge is 0.383 e. The molecule has 760 valence electrons. The maximum Gasteiger partial charge on any atom is 0.245 e. The highest BCUT2D eigenvalue weighted by Gasteiger charge is 2.53. The van der Waals surface area contributed by atoms with Crippen molar-refractivity contribution in [3.05, 3.63) is 154 Å². The van der Waals surface area contributed by atoms with Gasteiger partial charge in [-0.05, 0) is 219 Å². The molecule has 6 aliphatic heterocycles. The van der Waals surface area contributed by atoms with E-state index in [9.17, 15) is 57.5 Å². The number of fused-ring (bicyclic) bond motifs is 6. The summed E-state index contributed by atoms with van der Waals surface area (Å²) < 4.78 is 59.3. The van der Waals surface area contributed by atoms with Crippen molar-refractivity contribution >= 4 is 103 Å². The second kappa shape index (κ2) is 46.3. The molecule has 6 bridgehead atoms. The molecule has 3 fully saturated rings. The summed E-state index contributed by atoms with van der Waals surface area (Å²) in [6, 6.07) is 11.9. The van der Waals surface area contributed by atoms with Crippen LogP contribution in [0.25, 0.3) is 66.1 Å². The Kier molecular flexibility index (Phi) is 34.3. The first-order valence-electron chi connectivity index (χ1n) is 50.7. The molecular formula is C109H135F3N18O13. The molecule has 0 saturated carbocycles. The number of halogens is 3. The summed E-state index contributed by atoms with van der Waals surface area (Å²) in [7, 11) is 1.52. The molecule has 5 amide bonds. The SMILES string of the molecule is CC(=O)c1nn2c3c(cc(-c4cnc(C)nc4)cc13)CCCCCCC(=O)CC[C@@]1(F)C[C@@H](C(=O)N[C@H](C)CC(C)C)N(C1)C(=O)C2.CC(=O)c1nn2c3c(cc(-c4cnc(C)nc4)cc13)CCCCC[C@@H](C)C(=O)CC[C@@]1(F)C[C@@H](C(=O)Cc3nc(C)ccc3C)N(C1)C(=O)C2.COC[C@@H](C)NC(=O)[C@@H]1C[C@]2(F)CCC(=O)CCCCCCc3cc(-c4cnc(C)nc4)cc4c(C(C)=O)nn(c34)CC(=O)N1C2. The number of aromatic nitrogens is 13. The van der Waals surface area contributed by atoms with Crippen molar-refractivity contribution in [2.24, 2.45) is 11.8 Å². The number of hydrogen-bond acceptors (Lipinski definition) is 23. The lowest BCUT2D eigenvalue weighted by Gasteiger charge is -2.26. The molecule has 0 aliphatic carbocycles. The number of carbonyl (C=O) groups is 12. The summed E-state index contributed by atoms with van der Waals surface area (Å²) in [5.74, 6) is -1.25. The number of amides is 5. The number of ether oxygens (including phenoxy) is 1. The van der Waals surface area contributed by atoms with Gasteiger partial charge in [-0.2, -0.15) is 15.3 Å². The number of ketones is 7. The van der Waals surface area contributed by atoms with Crippen molar-refractivity contribution in [1.29, 1.82) is 0 Å². The van der Waals surface area contributed by atoms with E-state index in [0.29, 0.717) is 107 Å². The number of aryl methyl sites for hydroxylation is 8. The lowest BCUT2D eigenvalue weighted by atomic mass is 9.89. The Labute approximate surface area is 832 Å². The lowest BCUT2D eigenvalue weighted by Crippen LogP contribution is -2.49. The highest BCUT2D eigenvalue weighted by Crippen LogP contribution is 2.43. The Bertz CT molecular complexity index is 6460. The molecule has 143 heavy (non-hydrogen) atoms. The van der Waals surface area contributed by atoms with Crippen molar-refractivity contribution in [2.45, 2.75) is 337 Å². The van der Waals surface area contributed by atoms with Gasteiger partial charge in [-0.15, -0.1) is 0 Å². The van der Waals surface area contributed by atoms with Crippen LogP contribution in [0, 0.1) is 46.5 Å². The maximum atomic E-state index is 16.7. The number of nitrogens with zero attached hydrogens (tertiary/aromatic N) is 16. The summed E-state index contributed by atoms with van der Waals surface area (Å²) in [5.41, 5.74) is 6.89. The number of benzene rings is 3. The van der Waals surface area contributed by atoms with E-state index in [2.05, 4.69) is 74.7 Å². The molecule has 34 heteroatoms. The number of alkyl halides is 3. The zero-order valence-electron chi connectivity index (χ0n) is 85.0. The molecule has 6 aliphatic rings. The van der Waals surface area contributed by atoms with Crippen LogP contribution in [0.5, 0.6) is 0 Å². The van der Waals surface area contributed by atoms with Gasteiger partial charge in [-0.1, -0.05) is 65.4 Å². The fourth-order valence-corrected chi connectivity index (χ4v) is 21.1. The van der Waals surface area contributed by atoms with Gasteiger partial charge in [-0.25, -0.2) is 43.1 Å². The molecule has 7 aromatic heterocycles. The number of Topliss-reactive ketones (excluding diaryl/α,β-unsaturated/α-hetero) is 7. The second-order valence-corrected chi connectivity index (χ2v) is 41.2. The van der Waals surface area contributed by atoms with Crippen molar-refractivity contribution in [2.75, 3.05) is 33.4 Å². The van der Waals surface area contributed by atoms with Crippen LogP contribution in [0.2, 0.25) is 0 Å². The van der Waals surface area contributed by atoms with E-state index >= 15 is 13.2 Å². The van der Waals surface area contributed by atoms with Gasteiger partial charge in [0.1, 0.15) is 101 Å². The molecule has 2 N–H and O–H groups in total. The first-order chi connectivity index (χ1) is 68.1. The smallest absolute Gasteiger partial charge is 0.245 e. The minimum Gasteiger partial charge on any atom is -0.383 e. The highest BCUT2D eigenvalue weighted by molar-refractivity contribution is 6.10. The van der Waals surface area contributed by atoms with Crippen molar-refractivity contribution in [1.82, 2.24) is 89.6 Å².